The van der Waals surface area contributed by atoms with Gasteiger partial charge in [-0.15, -0.1) is 0 Å². The fraction of sp³-hybridized carbons (Fsp3) is 0.214. The summed E-state index contributed by atoms with van der Waals surface area (Å²) in [7, 11) is 1.88. The van der Waals surface area contributed by atoms with Gasteiger partial charge in [-0.2, -0.15) is 0 Å². The molecule has 1 N–H and O–H groups in total. The molecule has 108 valence electrons. The third-order valence-electron chi connectivity index (χ3n) is 3.27. The van der Waals surface area contributed by atoms with Crippen LogP contribution in [0.15, 0.2) is 47.8 Å². The van der Waals surface area contributed by atoms with Crippen LogP contribution in [-0.4, -0.2) is 27.2 Å². The molecule has 1 aromatic carbocycles. The minimum Gasteiger partial charge on any atom is -0.328 e. The minimum atomic E-state index is -1.16. The Balaban J connectivity index is 1.96. The SMILES string of the molecule is CN(Cc1ccccc1)C1(Cl)N=C(Cl)Nc2cncnc21. The second-order valence-electron chi connectivity index (χ2n) is 4.74. The van der Waals surface area contributed by atoms with Gasteiger partial charge in [0.25, 0.3) is 0 Å². The van der Waals surface area contributed by atoms with Crippen LogP contribution < -0.4 is 5.32 Å². The minimum absolute atomic E-state index is 0.215. The second kappa shape index (κ2) is 5.60. The van der Waals surface area contributed by atoms with E-state index in [9.17, 15) is 0 Å². The van der Waals surface area contributed by atoms with Crippen molar-refractivity contribution in [3.63, 3.8) is 0 Å². The topological polar surface area (TPSA) is 53.4 Å². The Morgan fingerprint density at radius 2 is 2.05 bits per heavy atom. The number of hydrogen-bond acceptors (Lipinski definition) is 5. The van der Waals surface area contributed by atoms with Crippen LogP contribution in [0.4, 0.5) is 5.69 Å². The molecule has 0 saturated carbocycles. The lowest BCUT2D eigenvalue weighted by Crippen LogP contribution is -2.41. The molecule has 0 fully saturated rings. The summed E-state index contributed by atoms with van der Waals surface area (Å²) in [5.74, 6) is 0. The normalized spacial score (nSPS) is 20.7. The molecule has 1 aliphatic rings. The van der Waals surface area contributed by atoms with Gasteiger partial charge in [-0.1, -0.05) is 41.9 Å². The molecule has 5 nitrogen and oxygen atoms in total. The van der Waals surface area contributed by atoms with Crippen molar-refractivity contribution in [2.45, 2.75) is 11.7 Å². The largest absolute Gasteiger partial charge is 0.328 e. The van der Waals surface area contributed by atoms with Crippen molar-refractivity contribution < 1.29 is 0 Å². The van der Waals surface area contributed by atoms with Crippen molar-refractivity contribution in [2.24, 2.45) is 4.99 Å². The van der Waals surface area contributed by atoms with Gasteiger partial charge in [0, 0.05) is 6.54 Å². The Hall–Kier alpha value is -1.69. The molecule has 3 rings (SSSR count). The summed E-state index contributed by atoms with van der Waals surface area (Å²) in [4.78, 5) is 14.4. The van der Waals surface area contributed by atoms with Crippen molar-refractivity contribution in [3.8, 4) is 0 Å². The highest BCUT2D eigenvalue weighted by atomic mass is 35.5. The van der Waals surface area contributed by atoms with Crippen molar-refractivity contribution in [3.05, 3.63) is 54.1 Å². The number of rotatable bonds is 3. The zero-order chi connectivity index (χ0) is 14.9. The van der Waals surface area contributed by atoms with Crippen LogP contribution in [0, 0.1) is 0 Å². The van der Waals surface area contributed by atoms with Crippen LogP contribution in [0.25, 0.3) is 0 Å². The summed E-state index contributed by atoms with van der Waals surface area (Å²) >= 11 is 12.8. The third kappa shape index (κ3) is 2.72. The number of anilines is 1. The first-order valence-corrected chi connectivity index (χ1v) is 7.12. The molecule has 1 aromatic heterocycles. The molecule has 0 spiro atoms. The molecule has 0 bridgehead atoms. The van der Waals surface area contributed by atoms with Crippen molar-refractivity contribution >= 4 is 34.2 Å². The van der Waals surface area contributed by atoms with Gasteiger partial charge in [-0.05, 0) is 24.2 Å². The van der Waals surface area contributed by atoms with Crippen LogP contribution in [0.5, 0.6) is 0 Å². The first kappa shape index (κ1) is 14.3. The number of aromatic nitrogens is 2. The summed E-state index contributed by atoms with van der Waals surface area (Å²) < 4.78 is 0. The van der Waals surface area contributed by atoms with Crippen molar-refractivity contribution in [1.29, 1.82) is 0 Å². The highest BCUT2D eigenvalue weighted by Gasteiger charge is 2.41. The number of benzene rings is 1. The molecule has 0 amide bonds. The first-order chi connectivity index (χ1) is 10.1. The number of nitrogens with one attached hydrogen (secondary N) is 1. The van der Waals surface area contributed by atoms with Gasteiger partial charge in [0.2, 0.25) is 5.12 Å². The molecule has 0 aliphatic carbocycles. The van der Waals surface area contributed by atoms with Crippen molar-refractivity contribution in [2.75, 3.05) is 12.4 Å². The van der Waals surface area contributed by atoms with E-state index >= 15 is 0 Å². The number of hydrogen-bond donors (Lipinski definition) is 1. The monoisotopic (exact) mass is 321 g/mol. The smallest absolute Gasteiger partial charge is 0.237 e. The molecule has 7 heteroatoms. The van der Waals surface area contributed by atoms with E-state index in [1.165, 1.54) is 6.33 Å². The Bertz CT molecular complexity index is 676. The van der Waals surface area contributed by atoms with Crippen LogP contribution in [0.3, 0.4) is 0 Å². The number of aliphatic imine (C=N–C) groups is 1. The Morgan fingerprint density at radius 3 is 2.81 bits per heavy atom. The van der Waals surface area contributed by atoms with Gasteiger partial charge in [0.05, 0.1) is 11.9 Å². The van der Waals surface area contributed by atoms with Gasteiger partial charge in [-0.25, -0.2) is 15.0 Å². The van der Waals surface area contributed by atoms with E-state index in [0.717, 1.165) is 5.56 Å². The molecule has 1 atom stereocenters. The molecule has 0 radical (unpaired) electrons. The van der Waals surface area contributed by atoms with Gasteiger partial charge in [0.15, 0.2) is 5.29 Å². The van der Waals surface area contributed by atoms with Gasteiger partial charge < -0.3 is 5.32 Å². The molecule has 2 aromatic rings. The van der Waals surface area contributed by atoms with E-state index < -0.39 is 5.12 Å². The molecular formula is C14H13Cl2N5. The van der Waals surface area contributed by atoms with Crippen LogP contribution in [-0.2, 0) is 11.7 Å². The van der Waals surface area contributed by atoms with Crippen LogP contribution >= 0.6 is 23.2 Å². The van der Waals surface area contributed by atoms with E-state index in [1.54, 1.807) is 6.20 Å². The predicted octanol–water partition coefficient (Wildman–Crippen LogP) is 2.98. The summed E-state index contributed by atoms with van der Waals surface area (Å²) in [6.07, 6.45) is 3.08. The molecule has 21 heavy (non-hydrogen) atoms. The Kier molecular flexibility index (Phi) is 3.80. The van der Waals surface area contributed by atoms with Gasteiger partial charge in [0.1, 0.15) is 12.0 Å². The predicted molar refractivity (Wildman–Crippen MR) is 84.4 cm³/mol. The van der Waals surface area contributed by atoms with Crippen molar-refractivity contribution in [1.82, 2.24) is 14.9 Å². The second-order valence-corrected chi connectivity index (χ2v) is 5.63. The quantitative estimate of drug-likeness (QED) is 0.697. The zero-order valence-corrected chi connectivity index (χ0v) is 12.8. The average Bonchev–Trinajstić information content (AvgIpc) is 2.48. The molecular weight excluding hydrogens is 309 g/mol. The summed E-state index contributed by atoms with van der Waals surface area (Å²) in [6, 6.07) is 10.0. The third-order valence-corrected chi connectivity index (χ3v) is 4.00. The van der Waals surface area contributed by atoms with Crippen LogP contribution in [0.1, 0.15) is 11.3 Å². The Labute approximate surface area is 132 Å². The number of nitrogens with zero attached hydrogens (tertiary/aromatic N) is 4. The highest BCUT2D eigenvalue weighted by Crippen LogP contribution is 2.40. The molecule has 2 heterocycles. The molecule has 1 aliphatic heterocycles. The first-order valence-electron chi connectivity index (χ1n) is 6.36. The number of fused-ring (bicyclic) bond motifs is 1. The van der Waals surface area contributed by atoms with Gasteiger partial charge in [-0.3, -0.25) is 4.90 Å². The molecule has 1 unspecified atom stereocenters. The average molecular weight is 322 g/mol. The standard InChI is InChI=1S/C14H13Cl2N5/c1-21(8-10-5-3-2-4-6-10)14(16)12-11(7-17-9-18-12)19-13(15)20-14/h2-7,9H,8H2,1H3,(H,19,20). The van der Waals surface area contributed by atoms with E-state index in [0.29, 0.717) is 17.9 Å². The van der Waals surface area contributed by atoms with E-state index in [1.807, 2.05) is 42.3 Å². The van der Waals surface area contributed by atoms with E-state index in [2.05, 4.69) is 20.3 Å². The fourth-order valence-electron chi connectivity index (χ4n) is 2.22. The molecule has 0 saturated heterocycles. The van der Waals surface area contributed by atoms with E-state index in [-0.39, 0.29) is 5.29 Å². The number of amidine groups is 1. The number of alkyl halides is 1. The maximum atomic E-state index is 6.72. The lowest BCUT2D eigenvalue weighted by molar-refractivity contribution is 0.197. The van der Waals surface area contributed by atoms with Gasteiger partial charge >= 0.3 is 0 Å². The Morgan fingerprint density at radius 1 is 1.29 bits per heavy atom. The highest BCUT2D eigenvalue weighted by molar-refractivity contribution is 6.68. The maximum absolute atomic E-state index is 6.72. The maximum Gasteiger partial charge on any atom is 0.237 e. The lowest BCUT2D eigenvalue weighted by atomic mass is 10.2. The number of halogens is 2. The lowest BCUT2D eigenvalue weighted by Gasteiger charge is -2.36. The zero-order valence-electron chi connectivity index (χ0n) is 11.3. The fourth-order valence-corrected chi connectivity index (χ4v) is 2.79. The summed E-state index contributed by atoms with van der Waals surface area (Å²) in [5, 5.41) is 1.97. The van der Waals surface area contributed by atoms with E-state index in [4.69, 9.17) is 23.2 Å². The summed E-state index contributed by atoms with van der Waals surface area (Å²) in [6.45, 7) is 0.613. The summed E-state index contributed by atoms with van der Waals surface area (Å²) in [5.41, 5.74) is 2.37. The van der Waals surface area contributed by atoms with Crippen LogP contribution in [0.2, 0.25) is 0 Å².